The van der Waals surface area contributed by atoms with Crippen molar-refractivity contribution in [3.05, 3.63) is 48.0 Å². The monoisotopic (exact) mass is 421 g/mol. The Balaban J connectivity index is 1.29. The first-order valence-corrected chi connectivity index (χ1v) is 9.22. The number of urea groups is 1. The SMILES string of the molecule is O=C(NCC1CC(=O)N(c2ccc3c(c2)OCO3)C1)Nc1ccc(C(F)(F)F)cc1. The Morgan fingerprint density at radius 1 is 1.10 bits per heavy atom. The second-order valence-corrected chi connectivity index (χ2v) is 7.02. The molecule has 1 saturated heterocycles. The maximum atomic E-state index is 12.6. The zero-order valence-corrected chi connectivity index (χ0v) is 15.7. The van der Waals surface area contributed by atoms with Crippen LogP contribution in [-0.4, -0.2) is 31.8 Å². The van der Waals surface area contributed by atoms with E-state index >= 15 is 0 Å². The quantitative estimate of drug-likeness (QED) is 0.791. The number of hydrogen-bond donors (Lipinski definition) is 2. The first-order chi connectivity index (χ1) is 14.3. The summed E-state index contributed by atoms with van der Waals surface area (Å²) < 4.78 is 48.3. The van der Waals surface area contributed by atoms with Gasteiger partial charge in [0, 0.05) is 42.9 Å². The topological polar surface area (TPSA) is 79.9 Å². The Hall–Kier alpha value is -3.43. The molecule has 0 spiro atoms. The first kappa shape index (κ1) is 19.9. The van der Waals surface area contributed by atoms with Crippen molar-refractivity contribution in [2.75, 3.05) is 30.1 Å². The Kier molecular flexibility index (Phi) is 5.15. The fourth-order valence-corrected chi connectivity index (χ4v) is 3.38. The van der Waals surface area contributed by atoms with Gasteiger partial charge in [-0.3, -0.25) is 4.79 Å². The summed E-state index contributed by atoms with van der Waals surface area (Å²) in [5.41, 5.74) is 0.146. The van der Waals surface area contributed by atoms with Crippen LogP contribution in [0.4, 0.5) is 29.3 Å². The molecular weight excluding hydrogens is 403 g/mol. The molecule has 1 fully saturated rings. The van der Waals surface area contributed by atoms with Crippen LogP contribution in [0.25, 0.3) is 0 Å². The minimum absolute atomic E-state index is 0.0659. The van der Waals surface area contributed by atoms with Crippen LogP contribution < -0.4 is 25.0 Å². The number of fused-ring (bicyclic) bond motifs is 1. The Labute approximate surface area is 169 Å². The summed E-state index contributed by atoms with van der Waals surface area (Å²) in [5.74, 6) is 1.05. The van der Waals surface area contributed by atoms with E-state index in [9.17, 15) is 22.8 Å². The molecule has 2 aliphatic heterocycles. The first-order valence-electron chi connectivity index (χ1n) is 9.22. The summed E-state index contributed by atoms with van der Waals surface area (Å²) in [6.45, 7) is 0.825. The van der Waals surface area contributed by atoms with Crippen molar-refractivity contribution >= 4 is 23.3 Å². The van der Waals surface area contributed by atoms with Crippen LogP contribution in [0.3, 0.4) is 0 Å². The number of alkyl halides is 3. The van der Waals surface area contributed by atoms with Gasteiger partial charge in [0.2, 0.25) is 12.7 Å². The second-order valence-electron chi connectivity index (χ2n) is 7.02. The average Bonchev–Trinajstić information content (AvgIpc) is 3.31. The molecular formula is C20H18F3N3O4. The zero-order valence-electron chi connectivity index (χ0n) is 15.7. The van der Waals surface area contributed by atoms with E-state index in [4.69, 9.17) is 9.47 Å². The molecule has 7 nitrogen and oxygen atoms in total. The van der Waals surface area contributed by atoms with Gasteiger partial charge in [0.25, 0.3) is 0 Å². The molecule has 0 saturated carbocycles. The third kappa shape index (κ3) is 4.27. The number of nitrogens with one attached hydrogen (secondary N) is 2. The molecule has 158 valence electrons. The van der Waals surface area contributed by atoms with Gasteiger partial charge in [-0.15, -0.1) is 0 Å². The molecule has 2 aromatic rings. The number of carbonyl (C=O) groups excluding carboxylic acids is 2. The lowest BCUT2D eigenvalue weighted by molar-refractivity contribution is -0.137. The molecule has 2 aromatic carbocycles. The van der Waals surface area contributed by atoms with Crippen molar-refractivity contribution in [2.45, 2.75) is 12.6 Å². The summed E-state index contributed by atoms with van der Waals surface area (Å²) in [5, 5.41) is 5.14. The molecule has 3 amide bonds. The maximum absolute atomic E-state index is 12.6. The number of halogens is 3. The van der Waals surface area contributed by atoms with E-state index in [1.54, 1.807) is 23.1 Å². The largest absolute Gasteiger partial charge is 0.454 e. The lowest BCUT2D eigenvalue weighted by Crippen LogP contribution is -2.34. The molecule has 1 unspecified atom stereocenters. The van der Waals surface area contributed by atoms with Crippen molar-refractivity contribution in [2.24, 2.45) is 5.92 Å². The molecule has 2 heterocycles. The minimum atomic E-state index is -4.43. The summed E-state index contributed by atoms with van der Waals surface area (Å²) in [6, 6.07) is 8.87. The standard InChI is InChI=1S/C20H18F3N3O4/c21-20(22,23)13-1-3-14(4-2-13)25-19(28)24-9-12-7-18(27)26(10-12)15-5-6-16-17(8-15)30-11-29-16/h1-6,8,12H,7,9-11H2,(H2,24,25,28). The van der Waals surface area contributed by atoms with Gasteiger partial charge in [0.15, 0.2) is 11.5 Å². The van der Waals surface area contributed by atoms with E-state index in [1.807, 2.05) is 0 Å². The highest BCUT2D eigenvalue weighted by atomic mass is 19.4. The van der Waals surface area contributed by atoms with Crippen molar-refractivity contribution in [3.8, 4) is 11.5 Å². The summed E-state index contributed by atoms with van der Waals surface area (Å²) in [7, 11) is 0. The smallest absolute Gasteiger partial charge is 0.416 e. The van der Waals surface area contributed by atoms with Crippen LogP contribution >= 0.6 is 0 Å². The third-order valence-electron chi connectivity index (χ3n) is 4.89. The van der Waals surface area contributed by atoms with Gasteiger partial charge in [-0.05, 0) is 36.4 Å². The van der Waals surface area contributed by atoms with Gasteiger partial charge in [0.05, 0.1) is 5.56 Å². The Morgan fingerprint density at radius 2 is 1.83 bits per heavy atom. The number of amides is 3. The zero-order chi connectivity index (χ0) is 21.3. The van der Waals surface area contributed by atoms with Gasteiger partial charge in [-0.1, -0.05) is 0 Å². The normalized spacial score (nSPS) is 17.9. The Morgan fingerprint density at radius 3 is 2.57 bits per heavy atom. The van der Waals surface area contributed by atoms with E-state index in [-0.39, 0.29) is 37.3 Å². The van der Waals surface area contributed by atoms with Crippen molar-refractivity contribution in [3.63, 3.8) is 0 Å². The maximum Gasteiger partial charge on any atom is 0.416 e. The van der Waals surface area contributed by atoms with E-state index in [1.165, 1.54) is 12.1 Å². The van der Waals surface area contributed by atoms with Crippen LogP contribution in [0.5, 0.6) is 11.5 Å². The average molecular weight is 421 g/mol. The lowest BCUT2D eigenvalue weighted by atomic mass is 10.1. The summed E-state index contributed by atoms with van der Waals surface area (Å²) in [6.07, 6.45) is -4.16. The fraction of sp³-hybridized carbons (Fsp3) is 0.300. The number of anilines is 2. The minimum Gasteiger partial charge on any atom is -0.454 e. The number of hydrogen-bond acceptors (Lipinski definition) is 4. The highest BCUT2D eigenvalue weighted by Gasteiger charge is 2.32. The van der Waals surface area contributed by atoms with E-state index in [2.05, 4.69) is 10.6 Å². The molecule has 0 aliphatic carbocycles. The van der Waals surface area contributed by atoms with Crippen LogP contribution in [0.2, 0.25) is 0 Å². The van der Waals surface area contributed by atoms with Crippen molar-refractivity contribution in [1.29, 1.82) is 0 Å². The predicted molar refractivity (Wildman–Crippen MR) is 101 cm³/mol. The van der Waals surface area contributed by atoms with Crippen LogP contribution in [-0.2, 0) is 11.0 Å². The van der Waals surface area contributed by atoms with Gasteiger partial charge >= 0.3 is 12.2 Å². The third-order valence-corrected chi connectivity index (χ3v) is 4.89. The number of nitrogens with zero attached hydrogens (tertiary/aromatic N) is 1. The Bertz CT molecular complexity index is 963. The van der Waals surface area contributed by atoms with E-state index in [0.717, 1.165) is 12.1 Å². The summed E-state index contributed by atoms with van der Waals surface area (Å²) >= 11 is 0. The second kappa shape index (κ2) is 7.77. The molecule has 10 heteroatoms. The number of ether oxygens (including phenoxy) is 2. The molecule has 0 bridgehead atoms. The number of rotatable bonds is 4. The van der Waals surface area contributed by atoms with Gasteiger partial charge in [-0.25, -0.2) is 4.79 Å². The lowest BCUT2D eigenvalue weighted by Gasteiger charge is -2.17. The van der Waals surface area contributed by atoms with Crippen LogP contribution in [0.15, 0.2) is 42.5 Å². The molecule has 2 aliphatic rings. The van der Waals surface area contributed by atoms with Gasteiger partial charge in [0.1, 0.15) is 0 Å². The fourth-order valence-electron chi connectivity index (χ4n) is 3.38. The molecule has 0 aromatic heterocycles. The van der Waals surface area contributed by atoms with Gasteiger partial charge in [-0.2, -0.15) is 13.2 Å². The molecule has 30 heavy (non-hydrogen) atoms. The van der Waals surface area contributed by atoms with Crippen LogP contribution in [0.1, 0.15) is 12.0 Å². The van der Waals surface area contributed by atoms with Crippen molar-refractivity contribution in [1.82, 2.24) is 5.32 Å². The van der Waals surface area contributed by atoms with Gasteiger partial charge < -0.3 is 25.0 Å². The highest BCUT2D eigenvalue weighted by Crippen LogP contribution is 2.37. The molecule has 2 N–H and O–H groups in total. The highest BCUT2D eigenvalue weighted by molar-refractivity contribution is 5.96. The van der Waals surface area contributed by atoms with E-state index < -0.39 is 17.8 Å². The van der Waals surface area contributed by atoms with Crippen LogP contribution in [0, 0.1) is 5.92 Å². The molecule has 0 radical (unpaired) electrons. The number of benzene rings is 2. The molecule has 1 atom stereocenters. The summed E-state index contributed by atoms with van der Waals surface area (Å²) in [4.78, 5) is 26.0. The van der Waals surface area contributed by atoms with Crippen molar-refractivity contribution < 1.29 is 32.2 Å². The number of carbonyl (C=O) groups is 2. The van der Waals surface area contributed by atoms with E-state index in [0.29, 0.717) is 23.7 Å². The predicted octanol–water partition coefficient (Wildman–Crippen LogP) is 3.61. The molecule has 4 rings (SSSR count).